The molecule has 0 aromatic carbocycles. The number of ether oxygens (including phenoxy) is 1. The van der Waals surface area contributed by atoms with Gasteiger partial charge in [-0.3, -0.25) is 0 Å². The summed E-state index contributed by atoms with van der Waals surface area (Å²) in [5, 5.41) is 0. The fourth-order valence-electron chi connectivity index (χ4n) is 1.17. The molecule has 0 radical (unpaired) electrons. The van der Waals surface area contributed by atoms with Gasteiger partial charge in [-0.05, 0) is 0 Å². The minimum atomic E-state index is -0.263. The zero-order valence-electron chi connectivity index (χ0n) is 7.16. The molecule has 0 amide bonds. The van der Waals surface area contributed by atoms with Crippen molar-refractivity contribution in [1.29, 1.82) is 0 Å². The van der Waals surface area contributed by atoms with E-state index in [1.807, 2.05) is 12.1 Å². The number of nitrogens with one attached hydrogen (secondary N) is 1. The summed E-state index contributed by atoms with van der Waals surface area (Å²) >= 11 is 0.385. The van der Waals surface area contributed by atoms with E-state index in [0.717, 1.165) is 5.52 Å². The third-order valence-corrected chi connectivity index (χ3v) is 3.55. The quantitative estimate of drug-likeness (QED) is 0.639. The molecule has 0 fully saturated rings. The Hall–Kier alpha value is -0.991. The molecule has 0 saturated heterocycles. The predicted molar refractivity (Wildman–Crippen MR) is 51.2 cm³/mol. The third kappa shape index (κ3) is 1.55. The van der Waals surface area contributed by atoms with Crippen LogP contribution < -0.4 is 0 Å². The molecule has 2 heterocycles. The summed E-state index contributed by atoms with van der Waals surface area (Å²) < 4.78 is 6.11. The van der Waals surface area contributed by atoms with Crippen LogP contribution in [0.2, 0.25) is 0 Å². The molecule has 0 saturated carbocycles. The van der Waals surface area contributed by atoms with E-state index in [-0.39, 0.29) is 5.97 Å². The zero-order chi connectivity index (χ0) is 9.26. The molecule has 0 spiro atoms. The van der Waals surface area contributed by atoms with Crippen LogP contribution in [0.1, 0.15) is 17.4 Å². The Labute approximate surface area is 81.4 Å². The van der Waals surface area contributed by atoms with Crippen LogP contribution in [-0.4, -0.2) is 32.1 Å². The van der Waals surface area contributed by atoms with Gasteiger partial charge in [-0.1, -0.05) is 0 Å². The van der Waals surface area contributed by atoms with Crippen LogP contribution in [0.15, 0.2) is 17.1 Å². The van der Waals surface area contributed by atoms with Gasteiger partial charge in [0.1, 0.15) is 0 Å². The Morgan fingerprint density at radius 3 is 3.23 bits per heavy atom. The molecule has 0 aliphatic heterocycles. The summed E-state index contributed by atoms with van der Waals surface area (Å²) in [4.78, 5) is 16.4. The Bertz CT molecular complexity index is 401. The van der Waals surface area contributed by atoms with Gasteiger partial charge in [0.2, 0.25) is 0 Å². The van der Waals surface area contributed by atoms with Crippen LogP contribution in [0.25, 0.3) is 9.78 Å². The molecule has 0 aliphatic rings. The van der Waals surface area contributed by atoms with E-state index < -0.39 is 0 Å². The maximum atomic E-state index is 11.3. The predicted octanol–water partition coefficient (Wildman–Crippen LogP) is 1.40. The van der Waals surface area contributed by atoms with Crippen molar-refractivity contribution in [3.63, 3.8) is 0 Å². The van der Waals surface area contributed by atoms with Gasteiger partial charge in [0.05, 0.1) is 0 Å². The molecule has 0 aliphatic carbocycles. The molecule has 2 aromatic rings. The van der Waals surface area contributed by atoms with Crippen molar-refractivity contribution < 1.29 is 9.53 Å². The first-order chi connectivity index (χ1) is 6.31. The first kappa shape index (κ1) is 8.60. The Balaban J connectivity index is 2.34. The third-order valence-electron chi connectivity index (χ3n) is 1.74. The number of H-pyrrole nitrogens is 1. The average molecular weight is 242 g/mol. The molecule has 68 valence electrons. The molecule has 1 N–H and O–H groups in total. The van der Waals surface area contributed by atoms with Gasteiger partial charge in [0, 0.05) is 0 Å². The molecule has 3 nitrogen and oxygen atoms in total. The summed E-state index contributed by atoms with van der Waals surface area (Å²) in [5.41, 5.74) is 1.63. The number of hydrogen-bond acceptors (Lipinski definition) is 2. The van der Waals surface area contributed by atoms with Crippen LogP contribution in [-0.2, 0) is 4.74 Å². The minimum absolute atomic E-state index is 0.263. The van der Waals surface area contributed by atoms with E-state index in [9.17, 15) is 4.79 Å². The Kier molecular flexibility index (Phi) is 2.25. The maximum absolute atomic E-state index is 11.3. The number of carbonyl (C=O) groups is 1. The second-order valence-corrected chi connectivity index (χ2v) is 4.59. The van der Waals surface area contributed by atoms with E-state index in [0.29, 0.717) is 26.8 Å². The van der Waals surface area contributed by atoms with E-state index >= 15 is 0 Å². The fraction of sp³-hybridized carbons (Fsp3) is 0.222. The van der Waals surface area contributed by atoms with Crippen LogP contribution in [0.3, 0.4) is 0 Å². The Morgan fingerprint density at radius 2 is 2.54 bits per heavy atom. The molecule has 4 heteroatoms. The number of esters is 1. The van der Waals surface area contributed by atoms with Crippen molar-refractivity contribution in [2.24, 2.45) is 0 Å². The van der Waals surface area contributed by atoms with E-state index in [4.69, 9.17) is 4.74 Å². The number of aromatic amines is 1. The summed E-state index contributed by atoms with van der Waals surface area (Å²) in [7, 11) is 0. The van der Waals surface area contributed by atoms with Crippen LogP contribution in [0.4, 0.5) is 0 Å². The van der Waals surface area contributed by atoms with Crippen molar-refractivity contribution in [2.45, 2.75) is 6.92 Å². The molecule has 0 bridgehead atoms. The number of fused-ring (bicyclic) bond motifs is 1. The van der Waals surface area contributed by atoms with Crippen molar-refractivity contribution in [1.82, 2.24) is 4.98 Å². The van der Waals surface area contributed by atoms with E-state index in [2.05, 4.69) is 9.92 Å². The number of aromatic nitrogens is 1. The van der Waals surface area contributed by atoms with Gasteiger partial charge in [0.15, 0.2) is 0 Å². The summed E-state index contributed by atoms with van der Waals surface area (Å²) in [6.45, 7) is 2.22. The SMILES string of the molecule is CCOC(=O)c1cc2[se]ccc2[nH]1. The number of hydrogen-bond donors (Lipinski definition) is 1. The molecule has 0 atom stereocenters. The second-order valence-electron chi connectivity index (χ2n) is 2.60. The normalized spacial score (nSPS) is 10.5. The molecule has 2 aromatic heterocycles. The number of rotatable bonds is 2. The monoisotopic (exact) mass is 243 g/mol. The standard InChI is InChI=1S/C9H9NO2Se/c1-2-12-9(11)7-5-8-6(10-7)3-4-13-8/h3-5,10H,2H2,1H3. The first-order valence-corrected chi connectivity index (χ1v) is 5.89. The van der Waals surface area contributed by atoms with Crippen LogP contribution >= 0.6 is 0 Å². The van der Waals surface area contributed by atoms with Crippen LogP contribution in [0.5, 0.6) is 0 Å². The van der Waals surface area contributed by atoms with Gasteiger partial charge in [-0.15, -0.1) is 0 Å². The van der Waals surface area contributed by atoms with Crippen molar-refractivity contribution >= 4 is 30.2 Å². The molecule has 13 heavy (non-hydrogen) atoms. The summed E-state index contributed by atoms with van der Waals surface area (Å²) in [5.74, 6) is -0.263. The molecular formula is C9H9NO2Se. The van der Waals surface area contributed by atoms with Gasteiger partial charge in [-0.2, -0.15) is 0 Å². The molecule has 0 unspecified atom stereocenters. The Morgan fingerprint density at radius 1 is 1.69 bits per heavy atom. The van der Waals surface area contributed by atoms with Crippen molar-refractivity contribution in [3.05, 3.63) is 22.8 Å². The fourth-order valence-corrected chi connectivity index (χ4v) is 2.81. The summed E-state index contributed by atoms with van der Waals surface area (Å²) in [6.07, 6.45) is 0. The zero-order valence-corrected chi connectivity index (χ0v) is 8.88. The van der Waals surface area contributed by atoms with Gasteiger partial charge in [-0.25, -0.2) is 0 Å². The van der Waals surface area contributed by atoms with E-state index in [1.54, 1.807) is 6.92 Å². The van der Waals surface area contributed by atoms with Crippen molar-refractivity contribution in [3.8, 4) is 0 Å². The molecular weight excluding hydrogens is 233 g/mol. The topological polar surface area (TPSA) is 42.1 Å². The van der Waals surface area contributed by atoms with Gasteiger partial charge in [0.25, 0.3) is 0 Å². The van der Waals surface area contributed by atoms with Gasteiger partial charge < -0.3 is 0 Å². The second kappa shape index (κ2) is 3.40. The molecule has 2 rings (SSSR count). The average Bonchev–Trinajstić information content (AvgIpc) is 2.61. The number of carbonyl (C=O) groups excluding carboxylic acids is 1. The van der Waals surface area contributed by atoms with Crippen LogP contribution in [0, 0.1) is 0 Å². The van der Waals surface area contributed by atoms with Crippen molar-refractivity contribution in [2.75, 3.05) is 6.61 Å². The van der Waals surface area contributed by atoms with E-state index in [1.165, 1.54) is 4.26 Å². The first-order valence-electron chi connectivity index (χ1n) is 4.04. The van der Waals surface area contributed by atoms with Gasteiger partial charge >= 0.3 is 81.1 Å². The summed E-state index contributed by atoms with van der Waals surface area (Å²) in [6, 6.07) is 3.89.